The molecule has 0 radical (unpaired) electrons. The van der Waals surface area contributed by atoms with Crippen molar-refractivity contribution in [1.82, 2.24) is 10.2 Å². The number of nitrogens with one attached hydrogen (secondary N) is 1. The minimum absolute atomic E-state index is 0.125. The third kappa shape index (κ3) is 3.84. The third-order valence-corrected chi connectivity index (χ3v) is 2.84. The van der Waals surface area contributed by atoms with Gasteiger partial charge in [0.1, 0.15) is 11.8 Å². The summed E-state index contributed by atoms with van der Waals surface area (Å²) in [6, 6.07) is -0.642. The SMILES string of the molecule is CCCC1NC(=O)N(CCCCC(C)=O)C1=O. The third-order valence-electron chi connectivity index (χ3n) is 2.84. The fraction of sp³-hybridized carbons (Fsp3) is 0.750. The minimum atomic E-state index is -0.347. The Bertz CT molecular complexity index is 315. The van der Waals surface area contributed by atoms with Crippen LogP contribution in [0.5, 0.6) is 0 Å². The van der Waals surface area contributed by atoms with Crippen LogP contribution >= 0.6 is 0 Å². The van der Waals surface area contributed by atoms with Crippen LogP contribution in [0.1, 0.15) is 46.0 Å². The van der Waals surface area contributed by atoms with Gasteiger partial charge in [0.25, 0.3) is 5.91 Å². The van der Waals surface area contributed by atoms with E-state index in [1.54, 1.807) is 6.92 Å². The van der Waals surface area contributed by atoms with Gasteiger partial charge in [-0.3, -0.25) is 9.69 Å². The highest BCUT2D eigenvalue weighted by Gasteiger charge is 2.36. The van der Waals surface area contributed by atoms with Crippen molar-refractivity contribution < 1.29 is 14.4 Å². The molecule has 0 spiro atoms. The monoisotopic (exact) mass is 240 g/mol. The van der Waals surface area contributed by atoms with Crippen LogP contribution in [0.2, 0.25) is 0 Å². The Labute approximate surface area is 102 Å². The molecule has 1 aliphatic heterocycles. The van der Waals surface area contributed by atoms with Crippen LogP contribution in [0.3, 0.4) is 0 Å². The molecule has 0 saturated carbocycles. The molecule has 0 aromatic rings. The predicted molar refractivity (Wildman–Crippen MR) is 63.5 cm³/mol. The molecular formula is C12H20N2O3. The average Bonchev–Trinajstić information content (AvgIpc) is 2.51. The quantitative estimate of drug-likeness (QED) is 0.541. The van der Waals surface area contributed by atoms with Gasteiger partial charge in [0.15, 0.2) is 0 Å². The Morgan fingerprint density at radius 1 is 1.35 bits per heavy atom. The average molecular weight is 240 g/mol. The number of hydrogen-bond acceptors (Lipinski definition) is 3. The van der Waals surface area contributed by atoms with Gasteiger partial charge in [-0.2, -0.15) is 0 Å². The molecular weight excluding hydrogens is 220 g/mol. The number of urea groups is 1. The summed E-state index contributed by atoms with van der Waals surface area (Å²) in [5, 5.41) is 2.67. The zero-order chi connectivity index (χ0) is 12.8. The lowest BCUT2D eigenvalue weighted by Crippen LogP contribution is -2.32. The van der Waals surface area contributed by atoms with E-state index in [2.05, 4.69) is 5.32 Å². The van der Waals surface area contributed by atoms with Crippen LogP contribution in [0.15, 0.2) is 0 Å². The molecule has 1 saturated heterocycles. The van der Waals surface area contributed by atoms with Gasteiger partial charge in [-0.25, -0.2) is 4.79 Å². The molecule has 1 unspecified atom stereocenters. The van der Waals surface area contributed by atoms with E-state index in [1.807, 2.05) is 6.92 Å². The van der Waals surface area contributed by atoms with Crippen molar-refractivity contribution in [3.8, 4) is 0 Å². The van der Waals surface area contributed by atoms with Crippen molar-refractivity contribution >= 4 is 17.7 Å². The lowest BCUT2D eigenvalue weighted by Gasteiger charge is -2.12. The molecule has 96 valence electrons. The summed E-state index contributed by atoms with van der Waals surface area (Å²) in [6.07, 6.45) is 3.49. The summed E-state index contributed by atoms with van der Waals surface area (Å²) in [5.74, 6) is 0.0192. The van der Waals surface area contributed by atoms with E-state index in [9.17, 15) is 14.4 Å². The second kappa shape index (κ2) is 6.37. The maximum atomic E-state index is 11.8. The molecule has 3 amide bonds. The largest absolute Gasteiger partial charge is 0.326 e. The molecule has 17 heavy (non-hydrogen) atoms. The fourth-order valence-electron chi connectivity index (χ4n) is 1.92. The molecule has 1 heterocycles. The second-order valence-electron chi connectivity index (χ2n) is 4.44. The van der Waals surface area contributed by atoms with Crippen LogP contribution in [0, 0.1) is 0 Å². The van der Waals surface area contributed by atoms with E-state index in [0.717, 1.165) is 12.8 Å². The number of carbonyl (C=O) groups is 3. The predicted octanol–water partition coefficient (Wildman–Crippen LogP) is 1.47. The number of imide groups is 1. The van der Waals surface area contributed by atoms with Crippen molar-refractivity contribution in [3.63, 3.8) is 0 Å². The van der Waals surface area contributed by atoms with Crippen LogP contribution in [0.25, 0.3) is 0 Å². The molecule has 0 aromatic carbocycles. The second-order valence-corrected chi connectivity index (χ2v) is 4.44. The standard InChI is InChI=1S/C12H20N2O3/c1-3-6-10-11(16)14(12(17)13-10)8-5-4-7-9(2)15/h10H,3-8H2,1-2H3,(H,13,17). The van der Waals surface area contributed by atoms with E-state index in [1.165, 1.54) is 4.90 Å². The van der Waals surface area contributed by atoms with Gasteiger partial charge >= 0.3 is 6.03 Å². The number of Topliss-reactive ketones (excluding diaryl/α,β-unsaturated/α-hetero) is 1. The Balaban J connectivity index is 2.35. The van der Waals surface area contributed by atoms with E-state index in [4.69, 9.17) is 0 Å². The van der Waals surface area contributed by atoms with Crippen LogP contribution in [-0.2, 0) is 9.59 Å². The molecule has 1 rings (SSSR count). The maximum absolute atomic E-state index is 11.8. The van der Waals surface area contributed by atoms with Gasteiger partial charge < -0.3 is 10.1 Å². The van der Waals surface area contributed by atoms with Crippen LogP contribution < -0.4 is 5.32 Å². The highest BCUT2D eigenvalue weighted by atomic mass is 16.2. The van der Waals surface area contributed by atoms with Gasteiger partial charge in [0.05, 0.1) is 0 Å². The topological polar surface area (TPSA) is 66.5 Å². The van der Waals surface area contributed by atoms with E-state index in [-0.39, 0.29) is 23.8 Å². The molecule has 1 fully saturated rings. The van der Waals surface area contributed by atoms with E-state index < -0.39 is 0 Å². The Morgan fingerprint density at radius 2 is 2.06 bits per heavy atom. The zero-order valence-electron chi connectivity index (χ0n) is 10.5. The van der Waals surface area contributed by atoms with Crippen molar-refractivity contribution in [2.45, 2.75) is 52.0 Å². The summed E-state index contributed by atoms with van der Waals surface area (Å²) >= 11 is 0. The van der Waals surface area contributed by atoms with E-state index >= 15 is 0 Å². The summed E-state index contributed by atoms with van der Waals surface area (Å²) in [4.78, 5) is 35.3. The number of rotatable bonds is 7. The first kappa shape index (κ1) is 13.7. The number of ketones is 1. The van der Waals surface area contributed by atoms with Crippen molar-refractivity contribution in [2.24, 2.45) is 0 Å². The molecule has 0 aliphatic carbocycles. The van der Waals surface area contributed by atoms with Gasteiger partial charge in [-0.1, -0.05) is 13.3 Å². The van der Waals surface area contributed by atoms with Gasteiger partial charge in [0, 0.05) is 13.0 Å². The van der Waals surface area contributed by atoms with Crippen molar-refractivity contribution in [3.05, 3.63) is 0 Å². The first-order chi connectivity index (χ1) is 8.06. The Hall–Kier alpha value is -1.39. The van der Waals surface area contributed by atoms with Crippen LogP contribution in [0.4, 0.5) is 4.79 Å². The Morgan fingerprint density at radius 3 is 2.65 bits per heavy atom. The molecule has 5 nitrogen and oxygen atoms in total. The summed E-state index contributed by atoms with van der Waals surface area (Å²) in [6.45, 7) is 3.94. The molecule has 0 aromatic heterocycles. The minimum Gasteiger partial charge on any atom is -0.326 e. The highest BCUT2D eigenvalue weighted by molar-refractivity contribution is 6.04. The molecule has 1 atom stereocenters. The highest BCUT2D eigenvalue weighted by Crippen LogP contribution is 2.12. The normalized spacial score (nSPS) is 19.6. The van der Waals surface area contributed by atoms with Crippen molar-refractivity contribution in [2.75, 3.05) is 6.54 Å². The van der Waals surface area contributed by atoms with E-state index in [0.29, 0.717) is 25.8 Å². The molecule has 1 N–H and O–H groups in total. The van der Waals surface area contributed by atoms with Gasteiger partial charge in [-0.05, 0) is 26.2 Å². The number of amides is 3. The summed E-state index contributed by atoms with van der Waals surface area (Å²) in [5.41, 5.74) is 0. The van der Waals surface area contributed by atoms with Crippen LogP contribution in [-0.4, -0.2) is 35.2 Å². The Kier molecular flexibility index (Phi) is 5.12. The van der Waals surface area contributed by atoms with Gasteiger partial charge in [-0.15, -0.1) is 0 Å². The molecule has 1 aliphatic rings. The smallest absolute Gasteiger partial charge is 0.324 e. The number of nitrogens with zero attached hydrogens (tertiary/aromatic N) is 1. The summed E-state index contributed by atoms with van der Waals surface area (Å²) in [7, 11) is 0. The maximum Gasteiger partial charge on any atom is 0.324 e. The lowest BCUT2D eigenvalue weighted by atomic mass is 10.1. The summed E-state index contributed by atoms with van der Waals surface area (Å²) < 4.78 is 0. The number of unbranched alkanes of at least 4 members (excludes halogenated alkanes) is 1. The molecule has 5 heteroatoms. The van der Waals surface area contributed by atoms with Crippen molar-refractivity contribution in [1.29, 1.82) is 0 Å². The number of carbonyl (C=O) groups excluding carboxylic acids is 3. The first-order valence-electron chi connectivity index (χ1n) is 6.17. The van der Waals surface area contributed by atoms with Gasteiger partial charge in [0.2, 0.25) is 0 Å². The number of hydrogen-bond donors (Lipinski definition) is 1. The molecule has 0 bridgehead atoms. The fourth-order valence-corrected chi connectivity index (χ4v) is 1.92. The zero-order valence-corrected chi connectivity index (χ0v) is 10.5. The lowest BCUT2D eigenvalue weighted by molar-refractivity contribution is -0.127. The first-order valence-corrected chi connectivity index (χ1v) is 6.17.